The number of urea groups is 1. The predicted octanol–water partition coefficient (Wildman–Crippen LogP) is 7.12. The Morgan fingerprint density at radius 1 is 0.571 bits per heavy atom. The van der Waals surface area contributed by atoms with Gasteiger partial charge in [-0.25, -0.2) is 9.59 Å². The van der Waals surface area contributed by atoms with Crippen molar-refractivity contribution in [1.29, 1.82) is 0 Å². The molecule has 5 aromatic rings. The number of nitrogens with zero attached hydrogens (tertiary/aromatic N) is 1. The summed E-state index contributed by atoms with van der Waals surface area (Å²) >= 11 is 0. The summed E-state index contributed by atoms with van der Waals surface area (Å²) in [6, 6.07) is 21.9. The fourth-order valence-electron chi connectivity index (χ4n) is 12.0. The molecule has 1 heterocycles. The van der Waals surface area contributed by atoms with E-state index in [9.17, 15) is 87.2 Å². The highest BCUT2D eigenvalue weighted by Crippen LogP contribution is 2.40. The zero-order chi connectivity index (χ0) is 76.5. The van der Waals surface area contributed by atoms with Gasteiger partial charge in [-0.2, -0.15) is 0 Å². The molecule has 28 nitrogen and oxygen atoms in total. The number of carbonyl (C=O) groups excluding carboxylic acids is 10. The van der Waals surface area contributed by atoms with Gasteiger partial charge in [0.05, 0.1) is 42.1 Å². The predicted molar refractivity (Wildman–Crippen MR) is 390 cm³/mol. The summed E-state index contributed by atoms with van der Waals surface area (Å²) in [4.78, 5) is 192. The SMILES string of the molecule is Cc1ccc2c(c1)C(=O)c1c-2n(CCCCC(=O)OCCSSC[C@H](CC(=O)[C@H](CC(=O)O)NC(=O)[C@@H](N)CNC(=O)[C@@H](CC(=O)[C@H](Cc2ccccc2)NC(=O)CCCCCCCCC(=O)CC[C@H](NC(=O)N[C@@H](CCC(=O)O)OC=O)C(=O)O)Cc2ccccc2)C(=O)O)c(=O)c2cc(C)ccc12. The van der Waals surface area contributed by atoms with Gasteiger partial charge >= 0.3 is 35.9 Å². The number of aliphatic carboxylic acids is 4. The van der Waals surface area contributed by atoms with Gasteiger partial charge in [-0.15, -0.1) is 0 Å². The molecule has 6 rings (SSSR count). The zero-order valence-electron chi connectivity index (χ0n) is 58.6. The van der Waals surface area contributed by atoms with E-state index in [-0.39, 0.29) is 106 Å². The summed E-state index contributed by atoms with van der Waals surface area (Å²) in [5.74, 6) is -12.1. The molecule has 0 bridgehead atoms. The second kappa shape index (κ2) is 43.3. The van der Waals surface area contributed by atoms with Crippen LogP contribution in [0.2, 0.25) is 0 Å². The third kappa shape index (κ3) is 27.8. The molecule has 0 saturated carbocycles. The largest absolute Gasteiger partial charge is 0.481 e. The summed E-state index contributed by atoms with van der Waals surface area (Å²) in [6.45, 7) is 3.48. The number of hydrogen-bond donors (Lipinski definition) is 10. The molecule has 0 aliphatic heterocycles. The first-order valence-electron chi connectivity index (χ1n) is 34.8. The number of amides is 5. The highest BCUT2D eigenvalue weighted by atomic mass is 33.1. The molecule has 0 saturated heterocycles. The Hall–Kier alpha value is -10.1. The molecule has 30 heteroatoms. The molecule has 0 spiro atoms. The third-order valence-electron chi connectivity index (χ3n) is 17.5. The Morgan fingerprint density at radius 3 is 1.86 bits per heavy atom. The van der Waals surface area contributed by atoms with Gasteiger partial charge < -0.3 is 66.8 Å². The van der Waals surface area contributed by atoms with Crippen LogP contribution in [0.5, 0.6) is 0 Å². The molecule has 0 fully saturated rings. The summed E-state index contributed by atoms with van der Waals surface area (Å²) in [6.07, 6.45) is 0.624. The number of benzene rings is 4. The molecule has 1 aromatic heterocycles. The standard InChI is InChI=1S/C75H91N7O21S2/c1-45-25-28-53-54(35-45)69(93)67-52-27-24-46(2)36-55(52)72(96)82(68(53)67)32-16-15-23-66(92)102-33-34-104-105-43-50(73(97)98)40-61(86)59(41-65(90)91)79-71(95)56(76)42-77-70(94)49(37-47-17-9-7-10-18-47)39-60(85)58(38-48-19-11-8-12-20-48)78-62(87)22-14-6-4-3-5-13-21-51(84)26-29-57(74(99)100)80-75(101)81-63(103-44-83)30-31-64(88)89/h7-12,17-20,24-25,27-28,35-36,44,49-50,56-59,63H,3-6,13-16,21-23,26,29-34,37-43,76H2,1-2H3,(H,77,94)(H,78,87)(H,79,95)(H,88,89)(H,90,91)(H,97,98)(H,99,100)(H2,80,81,101)/t49-,50+,56+,57+,58+,59+,63-/m1/s1. The fraction of sp³-hybridized carbons (Fsp3) is 0.453. The van der Waals surface area contributed by atoms with Crippen molar-refractivity contribution in [2.24, 2.45) is 17.6 Å². The van der Waals surface area contributed by atoms with E-state index in [0.29, 0.717) is 83.7 Å². The number of rotatable bonds is 50. The van der Waals surface area contributed by atoms with Crippen molar-refractivity contribution in [2.75, 3.05) is 24.7 Å². The maximum Gasteiger partial charge on any atom is 0.326 e. The van der Waals surface area contributed by atoms with Gasteiger partial charge in [-0.3, -0.25) is 62.3 Å². The zero-order valence-corrected chi connectivity index (χ0v) is 60.2. The first kappa shape index (κ1) is 83.9. The van der Waals surface area contributed by atoms with Crippen molar-refractivity contribution in [3.8, 4) is 11.3 Å². The van der Waals surface area contributed by atoms with Crippen LogP contribution in [-0.4, -0.2) is 163 Å². The highest BCUT2D eigenvalue weighted by Gasteiger charge is 2.35. The van der Waals surface area contributed by atoms with Gasteiger partial charge in [0.25, 0.3) is 12.0 Å². The van der Waals surface area contributed by atoms with Crippen molar-refractivity contribution in [2.45, 2.75) is 179 Å². The maximum absolute atomic E-state index is 14.3. The second-order valence-corrected chi connectivity index (χ2v) is 28.5. The Labute approximate surface area is 614 Å². The van der Waals surface area contributed by atoms with Crippen molar-refractivity contribution in [3.05, 3.63) is 141 Å². The van der Waals surface area contributed by atoms with Crippen LogP contribution in [0.25, 0.3) is 22.0 Å². The molecule has 105 heavy (non-hydrogen) atoms. The molecule has 1 aliphatic rings. The number of ketones is 4. The van der Waals surface area contributed by atoms with Crippen molar-refractivity contribution < 1.29 is 97.0 Å². The molecule has 564 valence electrons. The van der Waals surface area contributed by atoms with Gasteiger partial charge in [0.15, 0.2) is 23.6 Å². The summed E-state index contributed by atoms with van der Waals surface area (Å²) in [5.41, 5.74) is 11.5. The number of hydrogen-bond acceptors (Lipinski definition) is 20. The minimum atomic E-state index is -1.71. The topological polar surface area (TPSA) is 447 Å². The van der Waals surface area contributed by atoms with Gasteiger partial charge in [-0.05, 0) is 82.1 Å². The van der Waals surface area contributed by atoms with Crippen molar-refractivity contribution in [3.63, 3.8) is 0 Å². The Bertz CT molecular complexity index is 3980. The van der Waals surface area contributed by atoms with Crippen LogP contribution in [0.15, 0.2) is 102 Å². The second-order valence-electron chi connectivity index (χ2n) is 25.8. The average Bonchev–Trinajstić information content (AvgIpc) is 1.57. The van der Waals surface area contributed by atoms with Gasteiger partial charge in [-0.1, -0.05) is 143 Å². The molecule has 11 N–H and O–H groups in total. The number of aromatic nitrogens is 1. The normalized spacial score (nSPS) is 13.4. The summed E-state index contributed by atoms with van der Waals surface area (Å²) < 4.78 is 11.7. The number of Topliss-reactive ketones (excluding diaryl/α,β-unsaturated/α-hetero) is 3. The van der Waals surface area contributed by atoms with Crippen LogP contribution in [0.1, 0.15) is 154 Å². The molecular weight excluding hydrogens is 1400 g/mol. The Kier molecular flexibility index (Phi) is 34.6. The Balaban J connectivity index is 0.919. The lowest BCUT2D eigenvalue weighted by molar-refractivity contribution is -0.144. The van der Waals surface area contributed by atoms with Crippen molar-refractivity contribution >= 4 is 116 Å². The van der Waals surface area contributed by atoms with E-state index >= 15 is 0 Å². The van der Waals surface area contributed by atoms with Gasteiger partial charge in [0.2, 0.25) is 17.7 Å². The van der Waals surface area contributed by atoms with E-state index in [1.54, 1.807) is 71.3 Å². The lowest BCUT2D eigenvalue weighted by Crippen LogP contribution is -2.53. The minimum Gasteiger partial charge on any atom is -0.481 e. The van der Waals surface area contributed by atoms with E-state index in [0.717, 1.165) is 33.9 Å². The summed E-state index contributed by atoms with van der Waals surface area (Å²) in [5, 5.41) is 51.4. The lowest BCUT2D eigenvalue weighted by Gasteiger charge is -2.23. The first-order chi connectivity index (χ1) is 50.2. The Morgan fingerprint density at radius 2 is 1.20 bits per heavy atom. The first-order valence-corrected chi connectivity index (χ1v) is 37.3. The molecular formula is C75H91N7O21S2. The maximum atomic E-state index is 14.3. The van der Waals surface area contributed by atoms with E-state index < -0.39 is 133 Å². The lowest BCUT2D eigenvalue weighted by atomic mass is 9.89. The molecule has 4 aromatic carbocycles. The van der Waals surface area contributed by atoms with Crippen LogP contribution in [0.4, 0.5) is 4.79 Å². The number of aryl methyl sites for hydroxylation is 2. The number of pyridine rings is 1. The van der Waals surface area contributed by atoms with E-state index in [2.05, 4.69) is 31.3 Å². The van der Waals surface area contributed by atoms with Crippen LogP contribution in [0.3, 0.4) is 0 Å². The van der Waals surface area contributed by atoms with Crippen LogP contribution < -0.4 is 37.9 Å². The fourth-order valence-corrected chi connectivity index (χ4v) is 14.1. The van der Waals surface area contributed by atoms with E-state index in [1.165, 1.54) is 10.8 Å². The molecule has 0 unspecified atom stereocenters. The third-order valence-corrected chi connectivity index (χ3v) is 20.0. The smallest absolute Gasteiger partial charge is 0.326 e. The number of nitrogens with one attached hydrogen (secondary N) is 5. The number of fused-ring (bicyclic) bond motifs is 5. The van der Waals surface area contributed by atoms with E-state index in [1.807, 2.05) is 44.2 Å². The van der Waals surface area contributed by atoms with Gasteiger partial charge in [0.1, 0.15) is 24.5 Å². The van der Waals surface area contributed by atoms with Crippen molar-refractivity contribution in [1.82, 2.24) is 31.2 Å². The molecule has 5 amide bonds. The minimum absolute atomic E-state index is 0.0102. The molecule has 0 radical (unpaired) electrons. The number of carboxylic acid groups (broad SMARTS) is 4. The monoisotopic (exact) mass is 1490 g/mol. The number of unbranched alkanes of at least 4 members (excludes halogenated alkanes) is 6. The average molecular weight is 1490 g/mol. The van der Waals surface area contributed by atoms with Crippen LogP contribution in [0, 0.1) is 25.7 Å². The molecule has 1 aliphatic carbocycles. The van der Waals surface area contributed by atoms with E-state index in [4.69, 9.17) is 15.6 Å². The number of ether oxygens (including phenoxy) is 2. The quantitative estimate of drug-likeness (QED) is 0.00597. The number of nitrogens with two attached hydrogens (primary N) is 1. The molecule has 7 atom stereocenters. The van der Waals surface area contributed by atoms with Gasteiger partial charge in [0, 0.05) is 97.4 Å². The van der Waals surface area contributed by atoms with Crippen LogP contribution in [-0.2, 0) is 86.4 Å². The number of esters is 1. The number of carbonyl (C=O) groups is 14. The highest BCUT2D eigenvalue weighted by molar-refractivity contribution is 8.76. The number of carboxylic acids is 4. The van der Waals surface area contributed by atoms with Crippen LogP contribution >= 0.6 is 21.6 Å². The summed E-state index contributed by atoms with van der Waals surface area (Å²) in [7, 11) is 2.26.